The molecule has 56 heavy (non-hydrogen) atoms. The number of carbonyl (C=O) groups is 3. The number of hydrogen-bond acceptors (Lipinski definition) is 7. The number of H-pyrrole nitrogens is 3. The number of imidazole rings is 2. The van der Waals surface area contributed by atoms with E-state index in [1.807, 2.05) is 31.1 Å². The van der Waals surface area contributed by atoms with E-state index in [0.29, 0.717) is 23.9 Å². The van der Waals surface area contributed by atoms with Gasteiger partial charge in [0.15, 0.2) is 0 Å². The maximum absolute atomic E-state index is 13.5. The summed E-state index contributed by atoms with van der Waals surface area (Å²) in [6.07, 6.45) is 9.45. The highest BCUT2D eigenvalue weighted by molar-refractivity contribution is 5.86. The zero-order chi connectivity index (χ0) is 38.9. The van der Waals surface area contributed by atoms with Crippen LogP contribution in [0.2, 0.25) is 0 Å². The van der Waals surface area contributed by atoms with E-state index in [2.05, 4.69) is 79.1 Å². The second-order valence-corrected chi connectivity index (χ2v) is 15.7. The van der Waals surface area contributed by atoms with Gasteiger partial charge in [-0.25, -0.2) is 14.8 Å². The number of likely N-dealkylation sites (tertiary alicyclic amines) is 1. The van der Waals surface area contributed by atoms with Crippen LogP contribution in [0.5, 0.6) is 0 Å². The molecule has 4 heterocycles. The maximum atomic E-state index is 13.5. The molecule has 2 bridgehead atoms. The van der Waals surface area contributed by atoms with Gasteiger partial charge in [0.1, 0.15) is 17.7 Å². The molecule has 5 aromatic rings. The first-order valence-corrected chi connectivity index (χ1v) is 19.6. The van der Waals surface area contributed by atoms with Gasteiger partial charge in [-0.15, -0.1) is 0 Å². The van der Waals surface area contributed by atoms with Crippen molar-refractivity contribution in [3.63, 3.8) is 0 Å². The number of fused-ring (bicyclic) bond motifs is 2. The average Bonchev–Trinajstić information content (AvgIpc) is 4.08. The van der Waals surface area contributed by atoms with Gasteiger partial charge >= 0.3 is 6.09 Å². The summed E-state index contributed by atoms with van der Waals surface area (Å²) in [7, 11) is 1.29. The van der Waals surface area contributed by atoms with Gasteiger partial charge < -0.3 is 35.2 Å². The number of pyridine rings is 1. The molecule has 3 aliphatic rings. The standard InChI is InChI=1S/C43H48N8O5/c1-24(2)37(50-43(55)56-3)42(54)51-19-5-7-34(51)38-45-22-32(48-38)27-12-8-25(9-13-27)26-10-14-28(15-11-26)33-23-46-39(49-33)35-29-16-17-30(20-29)36(35)41(53)47-21-31-6-4-18-44-40(31)52/h4,6,8-15,18,22-24,29-30,34-37H,5,7,16-17,19-21H2,1-3H3,(H,44,52)(H,45,48)(H,46,49)(H,47,53)(H,50,55)/t29?,30?,34-,35-,36-,37-/m0/s1. The quantitative estimate of drug-likeness (QED) is 0.105. The number of aromatic nitrogens is 5. The summed E-state index contributed by atoms with van der Waals surface area (Å²) >= 11 is 0. The molecule has 0 radical (unpaired) electrons. The van der Waals surface area contributed by atoms with Crippen LogP contribution in [0.1, 0.15) is 75.1 Å². The van der Waals surface area contributed by atoms with E-state index in [9.17, 15) is 19.2 Å². The first-order valence-electron chi connectivity index (χ1n) is 19.6. The lowest BCUT2D eigenvalue weighted by molar-refractivity contribution is -0.135. The van der Waals surface area contributed by atoms with E-state index in [1.165, 1.54) is 7.11 Å². The fraction of sp³-hybridized carbons (Fsp3) is 0.395. The van der Waals surface area contributed by atoms with Crippen molar-refractivity contribution in [1.82, 2.24) is 40.5 Å². The molecule has 0 spiro atoms. The maximum Gasteiger partial charge on any atom is 0.407 e. The van der Waals surface area contributed by atoms with Crippen LogP contribution < -0.4 is 16.2 Å². The van der Waals surface area contributed by atoms with Crippen molar-refractivity contribution in [2.24, 2.45) is 23.7 Å². The molecule has 8 rings (SSSR count). The zero-order valence-electron chi connectivity index (χ0n) is 31.9. The first kappa shape index (κ1) is 37.0. The molecule has 3 fully saturated rings. The van der Waals surface area contributed by atoms with Crippen LogP contribution >= 0.6 is 0 Å². The lowest BCUT2D eigenvalue weighted by atomic mass is 9.78. The SMILES string of the molecule is COC(=O)N[C@H](C(=O)N1CCC[C@H]1c1ncc(-c2ccc(-c3ccc(-c4cnc([C@H]5C6CCC(C6)[C@@H]5C(=O)NCc5ccc[nH]c5=O)[nH]4)cc3)cc2)[nH]1)C(C)C. The Morgan fingerprint density at radius 1 is 0.857 bits per heavy atom. The van der Waals surface area contributed by atoms with Crippen LogP contribution in [0, 0.1) is 23.7 Å². The number of nitrogens with one attached hydrogen (secondary N) is 5. The molecule has 3 amide bonds. The van der Waals surface area contributed by atoms with Crippen LogP contribution in [0.4, 0.5) is 4.79 Å². The number of amides is 3. The normalized spacial score (nSPS) is 22.0. The predicted molar refractivity (Wildman–Crippen MR) is 211 cm³/mol. The molecule has 2 saturated carbocycles. The number of benzene rings is 2. The van der Waals surface area contributed by atoms with Crippen LogP contribution in [0.3, 0.4) is 0 Å². The van der Waals surface area contributed by atoms with E-state index in [1.54, 1.807) is 18.3 Å². The number of rotatable bonds is 11. The minimum Gasteiger partial charge on any atom is -0.453 e. The summed E-state index contributed by atoms with van der Waals surface area (Å²) in [5.41, 5.74) is 6.29. The van der Waals surface area contributed by atoms with Gasteiger partial charge in [-0.3, -0.25) is 14.4 Å². The number of aromatic amines is 3. The Hall–Kier alpha value is -5.98. The van der Waals surface area contributed by atoms with Crippen molar-refractivity contribution in [3.8, 4) is 33.6 Å². The average molecular weight is 757 g/mol. The highest BCUT2D eigenvalue weighted by Crippen LogP contribution is 2.56. The third-order valence-electron chi connectivity index (χ3n) is 12.0. The van der Waals surface area contributed by atoms with Crippen LogP contribution in [-0.2, 0) is 20.9 Å². The molecule has 2 aromatic carbocycles. The van der Waals surface area contributed by atoms with Crippen LogP contribution in [-0.4, -0.2) is 67.4 Å². The lowest BCUT2D eigenvalue weighted by Gasteiger charge is -2.30. The van der Waals surface area contributed by atoms with Crippen molar-refractivity contribution in [2.75, 3.05) is 13.7 Å². The van der Waals surface area contributed by atoms with Gasteiger partial charge in [-0.2, -0.15) is 0 Å². The molecule has 290 valence electrons. The van der Waals surface area contributed by atoms with Crippen LogP contribution in [0.15, 0.2) is 84.0 Å². The molecule has 13 heteroatoms. The summed E-state index contributed by atoms with van der Waals surface area (Å²) in [6.45, 7) is 4.61. The molecule has 1 saturated heterocycles. The molecule has 5 N–H and O–H groups in total. The van der Waals surface area contributed by atoms with E-state index < -0.39 is 12.1 Å². The molecule has 13 nitrogen and oxygen atoms in total. The second kappa shape index (κ2) is 15.6. The third-order valence-corrected chi connectivity index (χ3v) is 12.0. The second-order valence-electron chi connectivity index (χ2n) is 15.7. The lowest BCUT2D eigenvalue weighted by Crippen LogP contribution is -2.51. The molecular weight excluding hydrogens is 709 g/mol. The van der Waals surface area contributed by atoms with Crippen molar-refractivity contribution in [2.45, 2.75) is 70.5 Å². The van der Waals surface area contributed by atoms with E-state index in [-0.39, 0.29) is 47.7 Å². The first-order chi connectivity index (χ1) is 27.2. The van der Waals surface area contributed by atoms with Crippen molar-refractivity contribution in [3.05, 3.63) is 107 Å². The number of alkyl carbamates (subject to hydrolysis) is 1. The van der Waals surface area contributed by atoms with Gasteiger partial charge in [0.05, 0.1) is 42.9 Å². The Labute approximate surface area is 325 Å². The monoisotopic (exact) mass is 756 g/mol. The third kappa shape index (κ3) is 7.25. The van der Waals surface area contributed by atoms with Gasteiger partial charge in [0.25, 0.3) is 5.56 Å². The molecule has 1 aliphatic heterocycles. The highest BCUT2D eigenvalue weighted by atomic mass is 16.5. The van der Waals surface area contributed by atoms with Gasteiger partial charge in [-0.1, -0.05) is 68.4 Å². The Bertz CT molecular complexity index is 2260. The predicted octanol–water partition coefficient (Wildman–Crippen LogP) is 6.31. The van der Waals surface area contributed by atoms with Crippen molar-refractivity contribution in [1.29, 1.82) is 0 Å². The highest BCUT2D eigenvalue weighted by Gasteiger charge is 2.52. The number of ether oxygens (including phenoxy) is 1. The summed E-state index contributed by atoms with van der Waals surface area (Å²) in [5.74, 6) is 1.92. The Morgan fingerprint density at radius 3 is 2.12 bits per heavy atom. The molecular formula is C43H48N8O5. The van der Waals surface area contributed by atoms with Crippen LogP contribution in [0.25, 0.3) is 33.6 Å². The summed E-state index contributed by atoms with van der Waals surface area (Å²) in [6, 6.07) is 19.3. The number of nitrogens with zero attached hydrogens (tertiary/aromatic N) is 3. The minimum absolute atomic E-state index is 0.00896. The minimum atomic E-state index is -0.684. The Morgan fingerprint density at radius 2 is 1.48 bits per heavy atom. The van der Waals surface area contributed by atoms with Crippen molar-refractivity contribution < 1.29 is 19.1 Å². The fourth-order valence-corrected chi connectivity index (χ4v) is 9.14. The van der Waals surface area contributed by atoms with E-state index >= 15 is 0 Å². The summed E-state index contributed by atoms with van der Waals surface area (Å²) in [5, 5.41) is 5.74. The Balaban J connectivity index is 0.919. The summed E-state index contributed by atoms with van der Waals surface area (Å²) in [4.78, 5) is 72.1. The largest absolute Gasteiger partial charge is 0.453 e. The molecule has 6 atom stereocenters. The fourth-order valence-electron chi connectivity index (χ4n) is 9.14. The summed E-state index contributed by atoms with van der Waals surface area (Å²) < 4.78 is 4.76. The number of hydrogen-bond donors (Lipinski definition) is 5. The van der Waals surface area contributed by atoms with Gasteiger partial charge in [-0.05, 0) is 78.2 Å². The van der Waals surface area contributed by atoms with Crippen molar-refractivity contribution >= 4 is 17.9 Å². The topological polar surface area (TPSA) is 178 Å². The molecule has 2 aliphatic carbocycles. The number of methoxy groups -OCH3 is 1. The van der Waals surface area contributed by atoms with Gasteiger partial charge in [0, 0.05) is 30.8 Å². The van der Waals surface area contributed by atoms with Gasteiger partial charge in [0.2, 0.25) is 11.8 Å². The molecule has 3 aromatic heterocycles. The van der Waals surface area contributed by atoms with E-state index in [4.69, 9.17) is 9.72 Å². The number of carbonyl (C=O) groups excluding carboxylic acids is 3. The smallest absolute Gasteiger partial charge is 0.407 e. The Kier molecular flexibility index (Phi) is 10.3. The van der Waals surface area contributed by atoms with E-state index in [0.717, 1.165) is 77.4 Å². The molecule has 2 unspecified atom stereocenters. The zero-order valence-corrected chi connectivity index (χ0v) is 31.9.